The molecular formula is C20H17F2N3O3S. The summed E-state index contributed by atoms with van der Waals surface area (Å²) in [6, 6.07) is 11.8. The van der Waals surface area contributed by atoms with Crippen molar-refractivity contribution in [2.75, 3.05) is 11.6 Å². The van der Waals surface area contributed by atoms with Crippen LogP contribution in [0.2, 0.25) is 0 Å². The number of para-hydroxylation sites is 1. The van der Waals surface area contributed by atoms with Gasteiger partial charge in [0.2, 0.25) is 0 Å². The van der Waals surface area contributed by atoms with E-state index in [1.165, 1.54) is 24.9 Å². The van der Waals surface area contributed by atoms with Gasteiger partial charge in [-0.25, -0.2) is 18.6 Å². The lowest BCUT2D eigenvalue weighted by molar-refractivity contribution is -0.123. The fourth-order valence-electron chi connectivity index (χ4n) is 2.55. The highest BCUT2D eigenvalue weighted by Gasteiger charge is 2.24. The Hall–Kier alpha value is -3.20. The van der Waals surface area contributed by atoms with Gasteiger partial charge in [-0.15, -0.1) is 0 Å². The summed E-state index contributed by atoms with van der Waals surface area (Å²) < 4.78 is 33.8. The third-order valence-electron chi connectivity index (χ3n) is 3.97. The summed E-state index contributed by atoms with van der Waals surface area (Å²) in [5.41, 5.74) is 0.509. The molecule has 1 aromatic heterocycles. The second-order valence-electron chi connectivity index (χ2n) is 5.96. The Morgan fingerprint density at radius 2 is 1.90 bits per heavy atom. The van der Waals surface area contributed by atoms with E-state index in [4.69, 9.17) is 4.74 Å². The summed E-state index contributed by atoms with van der Waals surface area (Å²) in [6.45, 7) is 1.34. The highest BCUT2D eigenvalue weighted by Crippen LogP contribution is 2.22. The summed E-state index contributed by atoms with van der Waals surface area (Å²) in [5, 5.41) is 2.78. The number of ether oxygens (including phenoxy) is 1. The lowest BCUT2D eigenvalue weighted by atomic mass is 10.2. The normalized spacial score (nSPS) is 11.7. The average molecular weight is 417 g/mol. The van der Waals surface area contributed by atoms with Gasteiger partial charge in [0, 0.05) is 11.8 Å². The van der Waals surface area contributed by atoms with Crippen molar-refractivity contribution >= 4 is 29.3 Å². The van der Waals surface area contributed by atoms with Crippen LogP contribution in [0.15, 0.2) is 59.9 Å². The molecule has 1 heterocycles. The molecule has 0 saturated carbocycles. The van der Waals surface area contributed by atoms with Crippen molar-refractivity contribution in [3.63, 3.8) is 0 Å². The molecule has 0 aliphatic heterocycles. The SMILES string of the molecule is CSc1ncc(C(=O)OC(C)C(=O)Nc2cc(F)ccc2F)n1-c1ccccc1. The summed E-state index contributed by atoms with van der Waals surface area (Å²) >= 11 is 1.35. The van der Waals surface area contributed by atoms with Gasteiger partial charge in [-0.05, 0) is 37.4 Å². The Kier molecular flexibility index (Phi) is 6.28. The zero-order valence-corrected chi connectivity index (χ0v) is 16.4. The van der Waals surface area contributed by atoms with Crippen molar-refractivity contribution in [3.05, 3.63) is 72.1 Å². The van der Waals surface area contributed by atoms with Crippen LogP contribution in [0, 0.1) is 11.6 Å². The van der Waals surface area contributed by atoms with E-state index in [1.54, 1.807) is 16.7 Å². The summed E-state index contributed by atoms with van der Waals surface area (Å²) in [7, 11) is 0. The fourth-order valence-corrected chi connectivity index (χ4v) is 3.10. The van der Waals surface area contributed by atoms with Crippen molar-refractivity contribution in [2.24, 2.45) is 0 Å². The van der Waals surface area contributed by atoms with E-state index in [2.05, 4.69) is 10.3 Å². The Bertz CT molecular complexity index is 1040. The number of carbonyl (C=O) groups excluding carboxylic acids is 2. The molecule has 3 aromatic rings. The number of anilines is 1. The van der Waals surface area contributed by atoms with Gasteiger partial charge in [-0.3, -0.25) is 9.36 Å². The summed E-state index contributed by atoms with van der Waals surface area (Å²) in [5.74, 6) is -3.07. The van der Waals surface area contributed by atoms with Crippen molar-refractivity contribution in [3.8, 4) is 5.69 Å². The number of carbonyl (C=O) groups is 2. The number of thioether (sulfide) groups is 1. The minimum Gasteiger partial charge on any atom is -0.448 e. The van der Waals surface area contributed by atoms with Gasteiger partial charge in [-0.2, -0.15) is 0 Å². The number of hydrogen-bond donors (Lipinski definition) is 1. The number of nitrogens with zero attached hydrogens (tertiary/aromatic N) is 2. The molecule has 9 heteroatoms. The summed E-state index contributed by atoms with van der Waals surface area (Å²) in [4.78, 5) is 29.1. The van der Waals surface area contributed by atoms with Crippen molar-refractivity contribution in [1.82, 2.24) is 9.55 Å². The van der Waals surface area contributed by atoms with Gasteiger partial charge >= 0.3 is 5.97 Å². The predicted molar refractivity (Wildman–Crippen MR) is 105 cm³/mol. The fraction of sp³-hybridized carbons (Fsp3) is 0.150. The highest BCUT2D eigenvalue weighted by atomic mass is 32.2. The maximum Gasteiger partial charge on any atom is 0.357 e. The molecule has 1 unspecified atom stereocenters. The molecular weight excluding hydrogens is 400 g/mol. The molecule has 1 atom stereocenters. The number of nitrogens with one attached hydrogen (secondary N) is 1. The Balaban J connectivity index is 1.77. The van der Waals surface area contributed by atoms with Crippen LogP contribution in [-0.2, 0) is 9.53 Å². The van der Waals surface area contributed by atoms with E-state index < -0.39 is 29.6 Å². The molecule has 0 aliphatic rings. The molecule has 0 spiro atoms. The van der Waals surface area contributed by atoms with Crippen molar-refractivity contribution in [1.29, 1.82) is 0 Å². The second kappa shape index (κ2) is 8.87. The Morgan fingerprint density at radius 1 is 1.17 bits per heavy atom. The molecule has 3 rings (SSSR count). The van der Waals surface area contributed by atoms with Crippen LogP contribution in [0.5, 0.6) is 0 Å². The van der Waals surface area contributed by atoms with Crippen LogP contribution < -0.4 is 5.32 Å². The Labute approximate surface area is 169 Å². The molecule has 6 nitrogen and oxygen atoms in total. The molecule has 0 aliphatic carbocycles. The molecule has 1 N–H and O–H groups in total. The van der Waals surface area contributed by atoms with E-state index in [0.717, 1.165) is 18.2 Å². The topological polar surface area (TPSA) is 73.2 Å². The van der Waals surface area contributed by atoms with Gasteiger partial charge in [-0.1, -0.05) is 30.0 Å². The quantitative estimate of drug-likeness (QED) is 0.484. The predicted octanol–water partition coefficient (Wildman–Crippen LogP) is 4.06. The number of aromatic nitrogens is 2. The van der Waals surface area contributed by atoms with Gasteiger partial charge < -0.3 is 10.1 Å². The first-order valence-corrected chi connectivity index (χ1v) is 9.77. The standard InChI is InChI=1S/C20H17F2N3O3S/c1-12(18(26)24-16-10-13(21)8-9-15(16)22)28-19(27)17-11-23-20(29-2)25(17)14-6-4-3-5-7-14/h3-12H,1-2H3,(H,24,26). The second-order valence-corrected chi connectivity index (χ2v) is 6.74. The zero-order chi connectivity index (χ0) is 21.0. The number of esters is 1. The Morgan fingerprint density at radius 3 is 2.59 bits per heavy atom. The number of amides is 1. The molecule has 0 bridgehead atoms. The highest BCUT2D eigenvalue weighted by molar-refractivity contribution is 7.98. The van der Waals surface area contributed by atoms with Crippen LogP contribution in [0.25, 0.3) is 5.69 Å². The van der Waals surface area contributed by atoms with E-state index in [1.807, 2.05) is 24.5 Å². The molecule has 1 amide bonds. The molecule has 2 aromatic carbocycles. The zero-order valence-electron chi connectivity index (χ0n) is 15.6. The smallest absolute Gasteiger partial charge is 0.357 e. The average Bonchev–Trinajstić information content (AvgIpc) is 3.15. The van der Waals surface area contributed by atoms with Crippen LogP contribution in [0.1, 0.15) is 17.4 Å². The van der Waals surface area contributed by atoms with E-state index >= 15 is 0 Å². The minimum atomic E-state index is -1.25. The molecule has 0 saturated heterocycles. The number of hydrogen-bond acceptors (Lipinski definition) is 5. The van der Waals surface area contributed by atoms with Gasteiger partial charge in [0.05, 0.1) is 11.9 Å². The van der Waals surface area contributed by atoms with E-state index in [0.29, 0.717) is 10.8 Å². The van der Waals surface area contributed by atoms with Crippen LogP contribution >= 0.6 is 11.8 Å². The molecule has 0 radical (unpaired) electrons. The minimum absolute atomic E-state index is 0.136. The number of imidazole rings is 1. The number of benzene rings is 2. The summed E-state index contributed by atoms with van der Waals surface area (Å²) in [6.07, 6.45) is 1.93. The van der Waals surface area contributed by atoms with Gasteiger partial charge in [0.25, 0.3) is 5.91 Å². The molecule has 29 heavy (non-hydrogen) atoms. The lowest BCUT2D eigenvalue weighted by Gasteiger charge is -2.15. The van der Waals surface area contributed by atoms with Gasteiger partial charge in [0.1, 0.15) is 11.6 Å². The molecule has 150 valence electrons. The van der Waals surface area contributed by atoms with E-state index in [-0.39, 0.29) is 11.4 Å². The monoisotopic (exact) mass is 417 g/mol. The van der Waals surface area contributed by atoms with E-state index in [9.17, 15) is 18.4 Å². The third kappa shape index (κ3) is 4.62. The van der Waals surface area contributed by atoms with Crippen LogP contribution in [0.4, 0.5) is 14.5 Å². The first-order valence-electron chi connectivity index (χ1n) is 8.54. The first-order chi connectivity index (χ1) is 13.9. The number of halogens is 2. The third-order valence-corrected chi connectivity index (χ3v) is 4.63. The van der Waals surface area contributed by atoms with Gasteiger partial charge in [0.15, 0.2) is 17.0 Å². The van der Waals surface area contributed by atoms with Crippen molar-refractivity contribution in [2.45, 2.75) is 18.2 Å². The molecule has 0 fully saturated rings. The first kappa shape index (κ1) is 20.5. The lowest BCUT2D eigenvalue weighted by Crippen LogP contribution is -2.31. The van der Waals surface area contributed by atoms with Crippen molar-refractivity contribution < 1.29 is 23.1 Å². The number of rotatable bonds is 6. The maximum absolute atomic E-state index is 13.7. The van der Waals surface area contributed by atoms with Crippen LogP contribution in [-0.4, -0.2) is 33.8 Å². The largest absolute Gasteiger partial charge is 0.448 e. The van der Waals surface area contributed by atoms with Crippen LogP contribution in [0.3, 0.4) is 0 Å². The maximum atomic E-state index is 13.7.